The second-order valence-corrected chi connectivity index (χ2v) is 5.34. The third kappa shape index (κ3) is 5.24. The average Bonchev–Trinajstić information content (AvgIpc) is 3.15. The van der Waals surface area contributed by atoms with Crippen LogP contribution in [0.2, 0.25) is 0 Å². The van der Waals surface area contributed by atoms with Crippen LogP contribution in [-0.4, -0.2) is 88.4 Å². The molecule has 134 valence electrons. The molecule has 0 aliphatic carbocycles. The Morgan fingerprint density at radius 3 is 2.62 bits per heavy atom. The molecule has 1 fully saturated rings. The summed E-state index contributed by atoms with van der Waals surface area (Å²) in [6.45, 7) is 5.22. The minimum atomic E-state index is -0.0610. The smallest absolute Gasteiger partial charge is 0.289 e. The zero-order valence-corrected chi connectivity index (χ0v) is 14.4. The van der Waals surface area contributed by atoms with Gasteiger partial charge >= 0.3 is 0 Å². The lowest BCUT2D eigenvalue weighted by Crippen LogP contribution is -2.54. The Kier molecular flexibility index (Phi) is 7.57. The van der Waals surface area contributed by atoms with Crippen LogP contribution in [0.25, 0.3) is 0 Å². The lowest BCUT2D eigenvalue weighted by Gasteiger charge is -2.36. The number of nitrogens with one attached hydrogen (secondary N) is 1. The summed E-state index contributed by atoms with van der Waals surface area (Å²) in [6, 6.07) is 3.42. The van der Waals surface area contributed by atoms with Crippen LogP contribution in [0.1, 0.15) is 10.6 Å². The normalized spacial score (nSPS) is 15.7. The summed E-state index contributed by atoms with van der Waals surface area (Å²) < 4.78 is 15.5. The molecule has 0 aromatic carbocycles. The molecule has 0 unspecified atom stereocenters. The van der Waals surface area contributed by atoms with E-state index in [4.69, 9.17) is 13.9 Å². The molecule has 1 aromatic rings. The topological polar surface area (TPSA) is 79.5 Å². The van der Waals surface area contributed by atoms with E-state index in [1.807, 2.05) is 0 Å². The van der Waals surface area contributed by atoms with Gasteiger partial charge in [0.25, 0.3) is 5.91 Å². The van der Waals surface area contributed by atoms with Gasteiger partial charge in [-0.3, -0.25) is 9.79 Å². The van der Waals surface area contributed by atoms with Crippen molar-refractivity contribution in [3.63, 3.8) is 0 Å². The van der Waals surface area contributed by atoms with Crippen LogP contribution in [0.5, 0.6) is 0 Å². The molecule has 0 radical (unpaired) electrons. The van der Waals surface area contributed by atoms with E-state index in [2.05, 4.69) is 15.2 Å². The summed E-state index contributed by atoms with van der Waals surface area (Å²) in [5.41, 5.74) is 0. The minimum Gasteiger partial charge on any atom is -0.459 e. The average molecular weight is 338 g/mol. The van der Waals surface area contributed by atoms with Crippen molar-refractivity contribution in [3.8, 4) is 0 Å². The van der Waals surface area contributed by atoms with Crippen LogP contribution < -0.4 is 5.32 Å². The third-order valence-corrected chi connectivity index (χ3v) is 3.77. The standard InChI is InChI=1S/C16H26N4O4/c1-17-16(18-5-11-23-13-12-22-2)20-8-6-19(7-9-20)15(21)14-4-3-10-24-14/h3-4,10H,5-9,11-13H2,1-2H3,(H,17,18). The highest BCUT2D eigenvalue weighted by atomic mass is 16.5. The van der Waals surface area contributed by atoms with Crippen molar-refractivity contribution in [1.82, 2.24) is 15.1 Å². The third-order valence-electron chi connectivity index (χ3n) is 3.77. The molecule has 1 aliphatic heterocycles. The lowest BCUT2D eigenvalue weighted by molar-refractivity contribution is 0.0653. The second kappa shape index (κ2) is 9.94. The van der Waals surface area contributed by atoms with Crippen LogP contribution >= 0.6 is 0 Å². The molecule has 0 saturated carbocycles. The fourth-order valence-corrected chi connectivity index (χ4v) is 2.49. The first-order valence-electron chi connectivity index (χ1n) is 8.11. The number of hydrogen-bond donors (Lipinski definition) is 1. The van der Waals surface area contributed by atoms with Crippen LogP contribution in [-0.2, 0) is 9.47 Å². The summed E-state index contributed by atoms with van der Waals surface area (Å²) >= 11 is 0. The molecule has 1 aromatic heterocycles. The number of ether oxygens (including phenoxy) is 2. The molecule has 0 spiro atoms. The number of aliphatic imine (C=N–C) groups is 1. The van der Waals surface area contributed by atoms with E-state index in [1.165, 1.54) is 6.26 Å². The van der Waals surface area contributed by atoms with Crippen molar-refractivity contribution in [2.75, 3.05) is 66.7 Å². The van der Waals surface area contributed by atoms with Crippen LogP contribution in [0.3, 0.4) is 0 Å². The Balaban J connectivity index is 1.71. The van der Waals surface area contributed by atoms with Crippen molar-refractivity contribution in [2.24, 2.45) is 4.99 Å². The predicted molar refractivity (Wildman–Crippen MR) is 90.2 cm³/mol. The van der Waals surface area contributed by atoms with Crippen molar-refractivity contribution in [2.45, 2.75) is 0 Å². The number of methoxy groups -OCH3 is 1. The highest BCUT2D eigenvalue weighted by Gasteiger charge is 2.24. The maximum atomic E-state index is 12.2. The summed E-state index contributed by atoms with van der Waals surface area (Å²) in [5.74, 6) is 1.16. The van der Waals surface area contributed by atoms with Gasteiger partial charge in [-0.2, -0.15) is 0 Å². The summed E-state index contributed by atoms with van der Waals surface area (Å²) in [6.07, 6.45) is 1.52. The van der Waals surface area contributed by atoms with E-state index in [1.54, 1.807) is 31.2 Å². The van der Waals surface area contributed by atoms with Gasteiger partial charge in [0, 0.05) is 46.9 Å². The minimum absolute atomic E-state index is 0.0610. The highest BCUT2D eigenvalue weighted by molar-refractivity contribution is 5.91. The van der Waals surface area contributed by atoms with Gasteiger partial charge in [0.05, 0.1) is 26.1 Å². The first-order chi connectivity index (χ1) is 11.8. The number of rotatable bonds is 7. The number of piperazine rings is 1. The molecular formula is C16H26N4O4. The van der Waals surface area contributed by atoms with Crippen molar-refractivity contribution >= 4 is 11.9 Å². The van der Waals surface area contributed by atoms with Gasteiger partial charge in [-0.15, -0.1) is 0 Å². The summed E-state index contributed by atoms with van der Waals surface area (Å²) in [7, 11) is 3.41. The molecule has 0 atom stereocenters. The maximum absolute atomic E-state index is 12.2. The Hall–Kier alpha value is -2.06. The molecule has 8 heteroatoms. The van der Waals surface area contributed by atoms with Gasteiger partial charge in [0.2, 0.25) is 0 Å². The molecule has 24 heavy (non-hydrogen) atoms. The Labute approximate surface area is 142 Å². The molecule has 1 saturated heterocycles. The molecule has 1 N–H and O–H groups in total. The number of furan rings is 1. The number of carbonyl (C=O) groups is 1. The summed E-state index contributed by atoms with van der Waals surface area (Å²) in [4.78, 5) is 20.5. The van der Waals surface area contributed by atoms with Gasteiger partial charge in [-0.25, -0.2) is 0 Å². The fourth-order valence-electron chi connectivity index (χ4n) is 2.49. The zero-order chi connectivity index (χ0) is 17.2. The highest BCUT2D eigenvalue weighted by Crippen LogP contribution is 2.09. The number of guanidine groups is 1. The molecule has 1 aliphatic rings. The van der Waals surface area contributed by atoms with Crippen molar-refractivity contribution < 1.29 is 18.7 Å². The number of amides is 1. The van der Waals surface area contributed by atoms with E-state index < -0.39 is 0 Å². The van der Waals surface area contributed by atoms with Gasteiger partial charge < -0.3 is 29.0 Å². The number of carbonyl (C=O) groups excluding carboxylic acids is 1. The van der Waals surface area contributed by atoms with Gasteiger partial charge in [-0.1, -0.05) is 0 Å². The van der Waals surface area contributed by atoms with E-state index in [9.17, 15) is 4.79 Å². The van der Waals surface area contributed by atoms with Crippen LogP contribution in [0.4, 0.5) is 0 Å². The Morgan fingerprint density at radius 1 is 1.25 bits per heavy atom. The lowest BCUT2D eigenvalue weighted by atomic mass is 10.3. The first kappa shape index (κ1) is 18.3. The van der Waals surface area contributed by atoms with Gasteiger partial charge in [0.1, 0.15) is 0 Å². The number of hydrogen-bond acceptors (Lipinski definition) is 5. The van der Waals surface area contributed by atoms with E-state index in [-0.39, 0.29) is 5.91 Å². The van der Waals surface area contributed by atoms with E-state index in [0.717, 1.165) is 19.0 Å². The molecule has 2 heterocycles. The zero-order valence-electron chi connectivity index (χ0n) is 14.4. The largest absolute Gasteiger partial charge is 0.459 e. The monoisotopic (exact) mass is 338 g/mol. The Bertz CT molecular complexity index is 510. The van der Waals surface area contributed by atoms with Crippen LogP contribution in [0, 0.1) is 0 Å². The maximum Gasteiger partial charge on any atom is 0.289 e. The first-order valence-corrected chi connectivity index (χ1v) is 8.11. The molecule has 8 nitrogen and oxygen atoms in total. The van der Waals surface area contributed by atoms with Gasteiger partial charge in [0.15, 0.2) is 11.7 Å². The summed E-state index contributed by atoms with van der Waals surface area (Å²) in [5, 5.41) is 3.28. The number of nitrogens with zero attached hydrogens (tertiary/aromatic N) is 3. The fraction of sp³-hybridized carbons (Fsp3) is 0.625. The van der Waals surface area contributed by atoms with Crippen LogP contribution in [0.15, 0.2) is 27.8 Å². The SMILES string of the molecule is CN=C(NCCOCCOC)N1CCN(C(=O)c2ccco2)CC1. The quantitative estimate of drug-likeness (QED) is 0.437. The van der Waals surface area contributed by atoms with Crippen molar-refractivity contribution in [1.29, 1.82) is 0 Å². The Morgan fingerprint density at radius 2 is 2.00 bits per heavy atom. The van der Waals surface area contributed by atoms with Gasteiger partial charge in [-0.05, 0) is 12.1 Å². The predicted octanol–water partition coefficient (Wildman–Crippen LogP) is 0.276. The molecular weight excluding hydrogens is 312 g/mol. The molecule has 1 amide bonds. The molecule has 2 rings (SSSR count). The van der Waals surface area contributed by atoms with E-state index >= 15 is 0 Å². The molecule has 0 bridgehead atoms. The van der Waals surface area contributed by atoms with Crippen molar-refractivity contribution in [3.05, 3.63) is 24.2 Å². The van der Waals surface area contributed by atoms with E-state index in [0.29, 0.717) is 45.2 Å². The second-order valence-electron chi connectivity index (χ2n) is 5.34.